The van der Waals surface area contributed by atoms with Gasteiger partial charge in [0.2, 0.25) is 5.91 Å². The van der Waals surface area contributed by atoms with E-state index in [9.17, 15) is 4.79 Å². The van der Waals surface area contributed by atoms with Crippen molar-refractivity contribution in [1.29, 1.82) is 0 Å². The first-order valence-electron chi connectivity index (χ1n) is 5.61. The summed E-state index contributed by atoms with van der Waals surface area (Å²) >= 11 is 3.31. The molecule has 1 unspecified atom stereocenters. The van der Waals surface area contributed by atoms with Crippen LogP contribution < -0.4 is 0 Å². The zero-order valence-electron chi connectivity index (χ0n) is 8.97. The fourth-order valence-corrected chi connectivity index (χ4v) is 2.40. The molecule has 1 aliphatic rings. The molecule has 0 radical (unpaired) electrons. The Morgan fingerprint density at radius 2 is 2.21 bits per heavy atom. The summed E-state index contributed by atoms with van der Waals surface area (Å²) in [6, 6.07) is 0. The monoisotopic (exact) mass is 261 g/mol. The smallest absolute Gasteiger partial charge is 0.223 e. The summed E-state index contributed by atoms with van der Waals surface area (Å²) in [6.07, 6.45) is 5.60. The summed E-state index contributed by atoms with van der Waals surface area (Å²) in [6.45, 7) is 4.20. The maximum Gasteiger partial charge on any atom is 0.223 e. The van der Waals surface area contributed by atoms with Gasteiger partial charge < -0.3 is 4.90 Å². The van der Waals surface area contributed by atoms with Crippen molar-refractivity contribution < 1.29 is 4.79 Å². The van der Waals surface area contributed by atoms with Crippen molar-refractivity contribution >= 4 is 21.8 Å². The zero-order valence-corrected chi connectivity index (χ0v) is 10.6. The van der Waals surface area contributed by atoms with Crippen molar-refractivity contribution in [2.24, 2.45) is 5.92 Å². The molecule has 3 heteroatoms. The highest BCUT2D eigenvalue weighted by molar-refractivity contribution is 9.09. The van der Waals surface area contributed by atoms with Crippen LogP contribution >= 0.6 is 15.9 Å². The molecule has 0 spiro atoms. The summed E-state index contributed by atoms with van der Waals surface area (Å²) in [5.41, 5.74) is 0. The Labute approximate surface area is 95.2 Å². The molecule has 0 saturated carbocycles. The molecule has 0 aromatic rings. The predicted octanol–water partition coefficient (Wildman–Crippen LogP) is 2.81. The average molecular weight is 262 g/mol. The molecule has 0 aromatic heterocycles. The second-order valence-corrected chi connectivity index (χ2v) is 4.82. The standard InChI is InChI=1S/C11H20BrNO/c1-2-10-4-3-8-13(9-6-10)11(14)5-7-12/h10H,2-9H2,1H3. The van der Waals surface area contributed by atoms with Crippen molar-refractivity contribution in [2.45, 2.75) is 39.0 Å². The average Bonchev–Trinajstić information content (AvgIpc) is 2.42. The number of amides is 1. The molecule has 1 heterocycles. The summed E-state index contributed by atoms with van der Waals surface area (Å²) in [5, 5.41) is 0.791. The van der Waals surface area contributed by atoms with E-state index >= 15 is 0 Å². The summed E-state index contributed by atoms with van der Waals surface area (Å²) in [4.78, 5) is 13.7. The lowest BCUT2D eigenvalue weighted by Gasteiger charge is -2.20. The predicted molar refractivity (Wildman–Crippen MR) is 62.6 cm³/mol. The molecule has 1 fully saturated rings. The highest BCUT2D eigenvalue weighted by Crippen LogP contribution is 2.20. The van der Waals surface area contributed by atoms with Gasteiger partial charge >= 0.3 is 0 Å². The lowest BCUT2D eigenvalue weighted by atomic mass is 9.98. The molecule has 14 heavy (non-hydrogen) atoms. The second kappa shape index (κ2) is 6.44. The van der Waals surface area contributed by atoms with E-state index < -0.39 is 0 Å². The Balaban J connectivity index is 2.37. The Hall–Kier alpha value is -0.0500. The zero-order chi connectivity index (χ0) is 10.4. The third-order valence-electron chi connectivity index (χ3n) is 3.09. The first kappa shape index (κ1) is 12.0. The van der Waals surface area contributed by atoms with Crippen LogP contribution in [0.3, 0.4) is 0 Å². The SMILES string of the molecule is CCC1CCCN(C(=O)CCBr)CC1. The molecular weight excluding hydrogens is 242 g/mol. The Morgan fingerprint density at radius 1 is 1.43 bits per heavy atom. The van der Waals surface area contributed by atoms with E-state index in [0.29, 0.717) is 12.3 Å². The van der Waals surface area contributed by atoms with Crippen molar-refractivity contribution in [1.82, 2.24) is 4.90 Å². The van der Waals surface area contributed by atoms with Crippen molar-refractivity contribution in [3.05, 3.63) is 0 Å². The molecule has 82 valence electrons. The van der Waals surface area contributed by atoms with Crippen molar-refractivity contribution in [2.75, 3.05) is 18.4 Å². The lowest BCUT2D eigenvalue weighted by Crippen LogP contribution is -2.32. The number of carbonyl (C=O) groups excluding carboxylic acids is 1. The van der Waals surface area contributed by atoms with E-state index in [1.165, 1.54) is 25.7 Å². The van der Waals surface area contributed by atoms with Crippen LogP contribution in [0.1, 0.15) is 39.0 Å². The maximum absolute atomic E-state index is 11.6. The first-order chi connectivity index (χ1) is 6.77. The van der Waals surface area contributed by atoms with Gasteiger partial charge in [-0.25, -0.2) is 0 Å². The van der Waals surface area contributed by atoms with Crippen molar-refractivity contribution in [3.63, 3.8) is 0 Å². The van der Waals surface area contributed by atoms with Crippen LogP contribution in [0, 0.1) is 5.92 Å². The molecule has 1 amide bonds. The minimum absolute atomic E-state index is 0.318. The van der Waals surface area contributed by atoms with Gasteiger partial charge in [-0.3, -0.25) is 4.79 Å². The van der Waals surface area contributed by atoms with Crippen LogP contribution in [0.4, 0.5) is 0 Å². The van der Waals surface area contributed by atoms with E-state index in [1.807, 2.05) is 4.90 Å². The lowest BCUT2D eigenvalue weighted by molar-refractivity contribution is -0.130. The van der Waals surface area contributed by atoms with E-state index in [4.69, 9.17) is 0 Å². The van der Waals surface area contributed by atoms with E-state index in [2.05, 4.69) is 22.9 Å². The van der Waals surface area contributed by atoms with Gasteiger partial charge in [-0.15, -0.1) is 0 Å². The number of carbonyl (C=O) groups is 1. The third kappa shape index (κ3) is 3.60. The number of hydrogen-bond donors (Lipinski definition) is 0. The number of halogens is 1. The van der Waals surface area contributed by atoms with Crippen molar-refractivity contribution in [3.8, 4) is 0 Å². The summed E-state index contributed by atoms with van der Waals surface area (Å²) < 4.78 is 0. The normalized spacial score (nSPS) is 23.3. The highest BCUT2D eigenvalue weighted by Gasteiger charge is 2.18. The number of nitrogens with zero attached hydrogens (tertiary/aromatic N) is 1. The molecule has 1 rings (SSSR count). The number of hydrogen-bond acceptors (Lipinski definition) is 1. The fourth-order valence-electron chi connectivity index (χ4n) is 2.06. The van der Waals surface area contributed by atoms with Gasteiger partial charge in [0, 0.05) is 24.8 Å². The van der Waals surface area contributed by atoms with E-state index in [-0.39, 0.29) is 0 Å². The highest BCUT2D eigenvalue weighted by atomic mass is 79.9. The Kier molecular flexibility index (Phi) is 5.53. The maximum atomic E-state index is 11.6. The van der Waals surface area contributed by atoms with Crippen LogP contribution in [-0.2, 0) is 4.79 Å². The quantitative estimate of drug-likeness (QED) is 0.716. The third-order valence-corrected chi connectivity index (χ3v) is 3.48. The van der Waals surface area contributed by atoms with Crippen LogP contribution in [0.15, 0.2) is 0 Å². The minimum Gasteiger partial charge on any atom is -0.343 e. The van der Waals surface area contributed by atoms with Crippen LogP contribution in [0.2, 0.25) is 0 Å². The number of likely N-dealkylation sites (tertiary alicyclic amines) is 1. The number of rotatable bonds is 3. The Morgan fingerprint density at radius 3 is 2.86 bits per heavy atom. The summed E-state index contributed by atoms with van der Waals surface area (Å²) in [7, 11) is 0. The fraction of sp³-hybridized carbons (Fsp3) is 0.909. The van der Waals surface area contributed by atoms with E-state index in [0.717, 1.165) is 24.3 Å². The van der Waals surface area contributed by atoms with Gasteiger partial charge in [0.1, 0.15) is 0 Å². The molecule has 1 saturated heterocycles. The summed E-state index contributed by atoms with van der Waals surface area (Å²) in [5.74, 6) is 1.16. The molecule has 0 N–H and O–H groups in total. The molecule has 1 atom stereocenters. The van der Waals surface area contributed by atoms with Gasteiger partial charge in [-0.05, 0) is 25.2 Å². The molecule has 0 bridgehead atoms. The van der Waals surface area contributed by atoms with Gasteiger partial charge in [0.15, 0.2) is 0 Å². The molecule has 2 nitrogen and oxygen atoms in total. The van der Waals surface area contributed by atoms with Crippen LogP contribution in [0.25, 0.3) is 0 Å². The first-order valence-corrected chi connectivity index (χ1v) is 6.73. The minimum atomic E-state index is 0.318. The molecule has 0 aliphatic carbocycles. The molecule has 0 aromatic carbocycles. The van der Waals surface area contributed by atoms with Gasteiger partial charge in [-0.2, -0.15) is 0 Å². The second-order valence-electron chi connectivity index (χ2n) is 4.02. The van der Waals surface area contributed by atoms with Crippen LogP contribution in [0.5, 0.6) is 0 Å². The largest absolute Gasteiger partial charge is 0.343 e. The van der Waals surface area contributed by atoms with Crippen LogP contribution in [-0.4, -0.2) is 29.2 Å². The number of alkyl halides is 1. The topological polar surface area (TPSA) is 20.3 Å². The van der Waals surface area contributed by atoms with Gasteiger partial charge in [0.25, 0.3) is 0 Å². The van der Waals surface area contributed by atoms with Gasteiger partial charge in [-0.1, -0.05) is 29.3 Å². The molecule has 1 aliphatic heterocycles. The van der Waals surface area contributed by atoms with Gasteiger partial charge in [0.05, 0.1) is 0 Å². The Bertz CT molecular complexity index is 184. The molecular formula is C11H20BrNO. The van der Waals surface area contributed by atoms with E-state index in [1.54, 1.807) is 0 Å².